The summed E-state index contributed by atoms with van der Waals surface area (Å²) in [5, 5.41) is 6.22. The van der Waals surface area contributed by atoms with Gasteiger partial charge in [-0.15, -0.1) is 0 Å². The van der Waals surface area contributed by atoms with E-state index in [1.165, 1.54) is 0 Å². The molecule has 0 aromatic heterocycles. The molecule has 0 saturated carbocycles. The minimum atomic E-state index is -0.0660. The van der Waals surface area contributed by atoms with Crippen molar-refractivity contribution in [2.45, 2.75) is 46.6 Å². The summed E-state index contributed by atoms with van der Waals surface area (Å²) in [5.41, 5.74) is 0.965. The number of nitrogens with one attached hydrogen (secondary N) is 2. The van der Waals surface area contributed by atoms with Gasteiger partial charge in [0.1, 0.15) is 0 Å². The number of benzene rings is 1. The van der Waals surface area contributed by atoms with Crippen molar-refractivity contribution in [2.24, 2.45) is 5.41 Å². The molecule has 20 heavy (non-hydrogen) atoms. The van der Waals surface area contributed by atoms with Gasteiger partial charge < -0.3 is 10.6 Å². The van der Waals surface area contributed by atoms with Crippen LogP contribution in [0.15, 0.2) is 28.7 Å². The van der Waals surface area contributed by atoms with Gasteiger partial charge in [0, 0.05) is 10.0 Å². The SMILES string of the molecule is CC(C)(C)CC(C)(C)NCC(=O)Nc1ccccc1Br. The van der Waals surface area contributed by atoms with Crippen LogP contribution in [0.4, 0.5) is 5.69 Å². The molecular weight excluding hydrogens is 316 g/mol. The van der Waals surface area contributed by atoms with Crippen molar-refractivity contribution < 1.29 is 4.79 Å². The summed E-state index contributed by atoms with van der Waals surface area (Å²) in [5.74, 6) is -0.0288. The molecular formula is C16H25BrN2O. The summed E-state index contributed by atoms with van der Waals surface area (Å²) in [6.45, 7) is 11.2. The average molecular weight is 341 g/mol. The van der Waals surface area contributed by atoms with Crippen LogP contribution >= 0.6 is 15.9 Å². The number of rotatable bonds is 5. The van der Waals surface area contributed by atoms with E-state index in [1.54, 1.807) is 0 Å². The molecule has 0 fully saturated rings. The quantitative estimate of drug-likeness (QED) is 0.843. The van der Waals surface area contributed by atoms with Crippen LogP contribution < -0.4 is 10.6 Å². The van der Waals surface area contributed by atoms with Crippen LogP contribution in [0.1, 0.15) is 41.0 Å². The van der Waals surface area contributed by atoms with E-state index >= 15 is 0 Å². The molecule has 0 unspecified atom stereocenters. The minimum absolute atomic E-state index is 0.0288. The molecule has 0 aliphatic rings. The van der Waals surface area contributed by atoms with E-state index in [2.05, 4.69) is 61.2 Å². The highest BCUT2D eigenvalue weighted by Crippen LogP contribution is 2.26. The molecule has 3 nitrogen and oxygen atoms in total. The second kappa shape index (κ2) is 6.72. The summed E-state index contributed by atoms with van der Waals surface area (Å²) in [6, 6.07) is 7.61. The van der Waals surface area contributed by atoms with Gasteiger partial charge in [-0.2, -0.15) is 0 Å². The summed E-state index contributed by atoms with van der Waals surface area (Å²) in [4.78, 5) is 12.0. The maximum absolute atomic E-state index is 12.0. The monoisotopic (exact) mass is 340 g/mol. The van der Waals surface area contributed by atoms with Crippen molar-refractivity contribution in [1.82, 2.24) is 5.32 Å². The Balaban J connectivity index is 2.50. The molecule has 0 heterocycles. The van der Waals surface area contributed by atoms with Crippen LogP contribution in [0.25, 0.3) is 0 Å². The highest BCUT2D eigenvalue weighted by molar-refractivity contribution is 9.10. The standard InChI is InChI=1S/C16H25BrN2O/c1-15(2,3)11-16(4,5)18-10-14(20)19-13-9-7-6-8-12(13)17/h6-9,18H,10-11H2,1-5H3,(H,19,20). The number of amides is 1. The van der Waals surface area contributed by atoms with Crippen LogP contribution in [0.2, 0.25) is 0 Å². The Morgan fingerprint density at radius 1 is 1.15 bits per heavy atom. The molecule has 2 N–H and O–H groups in total. The predicted molar refractivity (Wildman–Crippen MR) is 88.9 cm³/mol. The lowest BCUT2D eigenvalue weighted by Crippen LogP contribution is -2.45. The van der Waals surface area contributed by atoms with Gasteiger partial charge in [-0.3, -0.25) is 4.79 Å². The highest BCUT2D eigenvalue weighted by Gasteiger charge is 2.25. The number of carbonyl (C=O) groups is 1. The maximum atomic E-state index is 12.0. The number of para-hydroxylation sites is 1. The Hall–Kier alpha value is -0.870. The number of anilines is 1. The van der Waals surface area contributed by atoms with E-state index in [0.29, 0.717) is 6.54 Å². The van der Waals surface area contributed by atoms with Crippen molar-refractivity contribution in [2.75, 3.05) is 11.9 Å². The third kappa shape index (κ3) is 6.53. The van der Waals surface area contributed by atoms with Crippen molar-refractivity contribution in [3.8, 4) is 0 Å². The fourth-order valence-corrected chi connectivity index (χ4v) is 2.85. The first-order valence-corrected chi connectivity index (χ1v) is 7.68. The summed E-state index contributed by atoms with van der Waals surface area (Å²) in [6.07, 6.45) is 1.00. The molecule has 1 amide bonds. The molecule has 0 saturated heterocycles. The van der Waals surface area contributed by atoms with Gasteiger partial charge >= 0.3 is 0 Å². The van der Waals surface area contributed by atoms with E-state index < -0.39 is 0 Å². The fourth-order valence-electron chi connectivity index (χ4n) is 2.46. The van der Waals surface area contributed by atoms with Crippen LogP contribution in [-0.4, -0.2) is 18.0 Å². The first-order valence-electron chi connectivity index (χ1n) is 6.88. The van der Waals surface area contributed by atoms with Crippen molar-refractivity contribution in [1.29, 1.82) is 0 Å². The summed E-state index contributed by atoms with van der Waals surface area (Å²) in [7, 11) is 0. The molecule has 0 bridgehead atoms. The lowest BCUT2D eigenvalue weighted by atomic mass is 9.82. The molecule has 1 aromatic carbocycles. The Bertz CT molecular complexity index is 464. The van der Waals surface area contributed by atoms with E-state index in [0.717, 1.165) is 16.6 Å². The van der Waals surface area contributed by atoms with Gasteiger partial charge in [0.05, 0.1) is 12.2 Å². The fraction of sp³-hybridized carbons (Fsp3) is 0.562. The van der Waals surface area contributed by atoms with E-state index in [-0.39, 0.29) is 16.9 Å². The molecule has 0 radical (unpaired) electrons. The van der Waals surface area contributed by atoms with Gasteiger partial charge in [0.15, 0.2) is 0 Å². The lowest BCUT2D eigenvalue weighted by molar-refractivity contribution is -0.115. The number of carbonyl (C=O) groups excluding carboxylic acids is 1. The van der Waals surface area contributed by atoms with E-state index in [4.69, 9.17) is 0 Å². The number of halogens is 1. The first kappa shape index (κ1) is 17.2. The van der Waals surface area contributed by atoms with E-state index in [1.807, 2.05) is 24.3 Å². The summed E-state index contributed by atoms with van der Waals surface area (Å²) < 4.78 is 0.891. The second-order valence-corrected chi connectivity index (χ2v) is 7.86. The maximum Gasteiger partial charge on any atom is 0.238 e. The molecule has 1 rings (SSSR count). The first-order chi connectivity index (χ1) is 9.09. The van der Waals surface area contributed by atoms with Crippen LogP contribution in [0, 0.1) is 5.41 Å². The highest BCUT2D eigenvalue weighted by atomic mass is 79.9. The van der Waals surface area contributed by atoms with Crippen molar-refractivity contribution in [3.05, 3.63) is 28.7 Å². The van der Waals surface area contributed by atoms with Crippen LogP contribution in [0.5, 0.6) is 0 Å². The lowest BCUT2D eigenvalue weighted by Gasteiger charge is -2.33. The zero-order chi connectivity index (χ0) is 15.4. The third-order valence-corrected chi connectivity index (χ3v) is 3.54. The third-order valence-electron chi connectivity index (χ3n) is 2.85. The van der Waals surface area contributed by atoms with Gasteiger partial charge in [-0.25, -0.2) is 0 Å². The average Bonchev–Trinajstić information content (AvgIpc) is 2.27. The molecule has 112 valence electrons. The predicted octanol–water partition coefficient (Wildman–Crippen LogP) is 4.19. The topological polar surface area (TPSA) is 41.1 Å². The zero-order valence-corrected chi connectivity index (χ0v) is 14.6. The largest absolute Gasteiger partial charge is 0.324 e. The van der Waals surface area contributed by atoms with Crippen molar-refractivity contribution >= 4 is 27.5 Å². The minimum Gasteiger partial charge on any atom is -0.324 e. The smallest absolute Gasteiger partial charge is 0.238 e. The Labute approximate surface area is 130 Å². The van der Waals surface area contributed by atoms with Crippen molar-refractivity contribution in [3.63, 3.8) is 0 Å². The van der Waals surface area contributed by atoms with E-state index in [9.17, 15) is 4.79 Å². The Kier molecular flexibility index (Phi) is 5.78. The summed E-state index contributed by atoms with van der Waals surface area (Å²) >= 11 is 3.42. The second-order valence-electron chi connectivity index (χ2n) is 7.00. The molecule has 0 spiro atoms. The van der Waals surface area contributed by atoms with Gasteiger partial charge in [0.25, 0.3) is 0 Å². The normalized spacial score (nSPS) is 12.3. The van der Waals surface area contributed by atoms with Gasteiger partial charge in [-0.1, -0.05) is 32.9 Å². The van der Waals surface area contributed by atoms with Gasteiger partial charge in [0.2, 0.25) is 5.91 Å². The Morgan fingerprint density at radius 2 is 1.75 bits per heavy atom. The molecule has 0 aliphatic heterocycles. The zero-order valence-electron chi connectivity index (χ0n) is 13.0. The van der Waals surface area contributed by atoms with Gasteiger partial charge in [-0.05, 0) is 53.7 Å². The van der Waals surface area contributed by atoms with Crippen LogP contribution in [-0.2, 0) is 4.79 Å². The number of hydrogen-bond acceptors (Lipinski definition) is 2. The Morgan fingerprint density at radius 3 is 2.30 bits per heavy atom. The number of hydrogen-bond donors (Lipinski definition) is 2. The van der Waals surface area contributed by atoms with Crippen LogP contribution in [0.3, 0.4) is 0 Å². The molecule has 0 aliphatic carbocycles. The molecule has 0 atom stereocenters. The molecule has 4 heteroatoms. The molecule has 1 aromatic rings.